The lowest BCUT2D eigenvalue weighted by atomic mass is 10.0. The van der Waals surface area contributed by atoms with Crippen LogP contribution in [0, 0.1) is 5.95 Å². The molecular weight excluding hydrogens is 399 g/mol. The first-order valence-corrected chi connectivity index (χ1v) is 11.5. The molecule has 0 radical (unpaired) electrons. The molecule has 1 N–H and O–H groups in total. The fourth-order valence-electron chi connectivity index (χ4n) is 3.75. The van der Waals surface area contributed by atoms with E-state index in [-0.39, 0.29) is 0 Å². The SMILES string of the molecule is CC/C=C(/Cc1ccc(-c2ccnc(F)c2)cc1)Nc1ccc(N(CCC)CCC)cn1. The van der Waals surface area contributed by atoms with Crippen LogP contribution in [0.3, 0.4) is 0 Å². The Morgan fingerprint density at radius 3 is 2.28 bits per heavy atom. The van der Waals surface area contributed by atoms with E-state index in [0.29, 0.717) is 0 Å². The third-order valence-corrected chi connectivity index (χ3v) is 5.25. The van der Waals surface area contributed by atoms with E-state index in [4.69, 9.17) is 0 Å². The number of anilines is 2. The second-order valence-electron chi connectivity index (χ2n) is 7.89. The number of halogens is 1. The Balaban J connectivity index is 1.67. The molecule has 5 heteroatoms. The smallest absolute Gasteiger partial charge is 0.213 e. The number of rotatable bonds is 11. The minimum atomic E-state index is -0.463. The van der Waals surface area contributed by atoms with Crippen molar-refractivity contribution in [2.45, 2.75) is 46.5 Å². The van der Waals surface area contributed by atoms with Crippen molar-refractivity contribution in [1.29, 1.82) is 0 Å². The Morgan fingerprint density at radius 2 is 1.69 bits per heavy atom. The Bertz CT molecular complexity index is 991. The normalized spacial score (nSPS) is 11.4. The summed E-state index contributed by atoms with van der Waals surface area (Å²) in [5.74, 6) is 0.389. The van der Waals surface area contributed by atoms with Gasteiger partial charge < -0.3 is 10.2 Å². The maximum Gasteiger partial charge on any atom is 0.213 e. The second kappa shape index (κ2) is 12.0. The van der Waals surface area contributed by atoms with Gasteiger partial charge in [-0.25, -0.2) is 9.97 Å². The number of allylic oxidation sites excluding steroid dienone is 2. The fourth-order valence-corrected chi connectivity index (χ4v) is 3.75. The Kier molecular flexibility index (Phi) is 8.79. The van der Waals surface area contributed by atoms with E-state index in [1.165, 1.54) is 23.5 Å². The summed E-state index contributed by atoms with van der Waals surface area (Å²) in [5, 5.41) is 3.49. The highest BCUT2D eigenvalue weighted by Gasteiger charge is 2.07. The molecule has 0 amide bonds. The molecule has 0 saturated heterocycles. The zero-order chi connectivity index (χ0) is 22.8. The molecule has 0 atom stereocenters. The van der Waals surface area contributed by atoms with Crippen molar-refractivity contribution in [3.8, 4) is 11.1 Å². The van der Waals surface area contributed by atoms with Crippen LogP contribution in [0.4, 0.5) is 15.9 Å². The van der Waals surface area contributed by atoms with Crippen LogP contribution in [-0.2, 0) is 6.42 Å². The standard InChI is InChI=1S/C27H33FN4/c1-4-7-24(31-27-13-12-25(20-30-27)32(16-5-2)17-6-3)18-21-8-10-22(11-9-21)23-14-15-29-26(28)19-23/h7-15,19-20H,4-6,16-18H2,1-3H3,(H,30,31)/b24-7-. The molecule has 0 bridgehead atoms. The minimum absolute atomic E-state index is 0.463. The predicted octanol–water partition coefficient (Wildman–Crippen LogP) is 6.86. The van der Waals surface area contributed by atoms with Crippen LogP contribution < -0.4 is 10.2 Å². The van der Waals surface area contributed by atoms with Crippen LogP contribution in [0.15, 0.2) is 72.7 Å². The zero-order valence-electron chi connectivity index (χ0n) is 19.3. The van der Waals surface area contributed by atoms with Gasteiger partial charge in [0.05, 0.1) is 11.9 Å². The highest BCUT2D eigenvalue weighted by Crippen LogP contribution is 2.22. The van der Waals surface area contributed by atoms with E-state index in [1.807, 2.05) is 24.4 Å². The average Bonchev–Trinajstić information content (AvgIpc) is 2.80. The maximum atomic E-state index is 13.4. The average molecular weight is 433 g/mol. The van der Waals surface area contributed by atoms with Gasteiger partial charge in [-0.3, -0.25) is 0 Å². The van der Waals surface area contributed by atoms with Gasteiger partial charge in [-0.1, -0.05) is 51.1 Å². The van der Waals surface area contributed by atoms with Crippen molar-refractivity contribution in [3.05, 3.63) is 84.2 Å². The number of aromatic nitrogens is 2. The van der Waals surface area contributed by atoms with Gasteiger partial charge in [0, 0.05) is 37.5 Å². The number of benzene rings is 1. The van der Waals surface area contributed by atoms with Gasteiger partial charge in [0.15, 0.2) is 0 Å². The van der Waals surface area contributed by atoms with Gasteiger partial charge >= 0.3 is 0 Å². The Hall–Kier alpha value is -3.21. The Labute approximate surface area is 191 Å². The van der Waals surface area contributed by atoms with Crippen LogP contribution in [0.1, 0.15) is 45.6 Å². The number of nitrogens with zero attached hydrogens (tertiary/aromatic N) is 3. The zero-order valence-corrected chi connectivity index (χ0v) is 19.3. The van der Waals surface area contributed by atoms with Crippen LogP contribution in [0.25, 0.3) is 11.1 Å². The largest absolute Gasteiger partial charge is 0.370 e. The highest BCUT2D eigenvalue weighted by molar-refractivity contribution is 5.63. The number of nitrogens with one attached hydrogen (secondary N) is 1. The summed E-state index contributed by atoms with van der Waals surface area (Å²) in [4.78, 5) is 10.7. The van der Waals surface area contributed by atoms with E-state index in [2.05, 4.69) is 71.3 Å². The van der Waals surface area contributed by atoms with Crippen LogP contribution in [-0.4, -0.2) is 23.1 Å². The summed E-state index contributed by atoms with van der Waals surface area (Å²) in [6.45, 7) is 8.63. The molecule has 3 aromatic rings. The number of pyridine rings is 2. The molecule has 0 saturated carbocycles. The molecule has 0 unspecified atom stereocenters. The summed E-state index contributed by atoms with van der Waals surface area (Å²) >= 11 is 0. The van der Waals surface area contributed by atoms with E-state index in [9.17, 15) is 4.39 Å². The van der Waals surface area contributed by atoms with Crippen LogP contribution >= 0.6 is 0 Å². The van der Waals surface area contributed by atoms with Gasteiger partial charge in [0.1, 0.15) is 5.82 Å². The minimum Gasteiger partial charge on any atom is -0.370 e. The van der Waals surface area contributed by atoms with Crippen molar-refractivity contribution in [2.24, 2.45) is 0 Å². The quantitative estimate of drug-likeness (QED) is 0.336. The molecule has 0 aliphatic carbocycles. The summed E-state index contributed by atoms with van der Waals surface area (Å²) < 4.78 is 13.4. The molecule has 0 aliphatic rings. The molecule has 2 aromatic heterocycles. The molecule has 168 valence electrons. The maximum absolute atomic E-state index is 13.4. The molecule has 32 heavy (non-hydrogen) atoms. The van der Waals surface area contributed by atoms with Gasteiger partial charge in [-0.15, -0.1) is 0 Å². The third-order valence-electron chi connectivity index (χ3n) is 5.25. The first kappa shape index (κ1) is 23.5. The first-order chi connectivity index (χ1) is 15.6. The van der Waals surface area contributed by atoms with Gasteiger partial charge in [-0.05, 0) is 54.2 Å². The number of hydrogen-bond acceptors (Lipinski definition) is 4. The van der Waals surface area contributed by atoms with Gasteiger partial charge in [0.2, 0.25) is 5.95 Å². The fraction of sp³-hybridized carbons (Fsp3) is 0.333. The molecule has 0 fully saturated rings. The van der Waals surface area contributed by atoms with Crippen molar-refractivity contribution < 1.29 is 4.39 Å². The summed E-state index contributed by atoms with van der Waals surface area (Å²) in [7, 11) is 0. The molecule has 4 nitrogen and oxygen atoms in total. The lowest BCUT2D eigenvalue weighted by molar-refractivity contribution is 0.584. The van der Waals surface area contributed by atoms with Crippen LogP contribution in [0.5, 0.6) is 0 Å². The lowest BCUT2D eigenvalue weighted by Gasteiger charge is -2.23. The molecule has 0 spiro atoms. The topological polar surface area (TPSA) is 41.1 Å². The summed E-state index contributed by atoms with van der Waals surface area (Å²) in [6, 6.07) is 15.7. The van der Waals surface area contributed by atoms with E-state index in [1.54, 1.807) is 0 Å². The van der Waals surface area contributed by atoms with Gasteiger partial charge in [0.25, 0.3) is 0 Å². The predicted molar refractivity (Wildman–Crippen MR) is 132 cm³/mol. The molecule has 2 heterocycles. The lowest BCUT2D eigenvalue weighted by Crippen LogP contribution is -2.24. The van der Waals surface area contributed by atoms with Gasteiger partial charge in [-0.2, -0.15) is 4.39 Å². The second-order valence-corrected chi connectivity index (χ2v) is 7.89. The third kappa shape index (κ3) is 6.64. The number of hydrogen-bond donors (Lipinski definition) is 1. The Morgan fingerprint density at radius 1 is 0.938 bits per heavy atom. The van der Waals surface area contributed by atoms with E-state index >= 15 is 0 Å². The molecular formula is C27H33FN4. The summed E-state index contributed by atoms with van der Waals surface area (Å²) in [6.07, 6.45) is 9.61. The highest BCUT2D eigenvalue weighted by atomic mass is 19.1. The van der Waals surface area contributed by atoms with Crippen LogP contribution in [0.2, 0.25) is 0 Å². The summed E-state index contributed by atoms with van der Waals surface area (Å²) in [5.41, 5.74) is 5.28. The van der Waals surface area contributed by atoms with Crippen molar-refractivity contribution >= 4 is 11.5 Å². The van der Waals surface area contributed by atoms with Crippen molar-refractivity contribution in [1.82, 2.24) is 9.97 Å². The van der Waals surface area contributed by atoms with Crippen molar-refractivity contribution in [2.75, 3.05) is 23.3 Å². The molecule has 3 rings (SSSR count). The first-order valence-electron chi connectivity index (χ1n) is 11.5. The molecule has 1 aromatic carbocycles. The van der Waals surface area contributed by atoms with E-state index < -0.39 is 5.95 Å². The van der Waals surface area contributed by atoms with Crippen molar-refractivity contribution in [3.63, 3.8) is 0 Å². The van der Waals surface area contributed by atoms with E-state index in [0.717, 1.165) is 61.4 Å². The molecule has 0 aliphatic heterocycles. The monoisotopic (exact) mass is 432 g/mol.